The summed E-state index contributed by atoms with van der Waals surface area (Å²) in [6, 6.07) is 11.9. The van der Waals surface area contributed by atoms with Crippen LogP contribution in [0.25, 0.3) is 22.5 Å². The molecule has 12 nitrogen and oxygen atoms in total. The first-order valence-corrected chi connectivity index (χ1v) is 17.5. The van der Waals surface area contributed by atoms with Gasteiger partial charge in [0.1, 0.15) is 5.60 Å². The zero-order chi connectivity index (χ0) is 37.6. The molecule has 1 aliphatic heterocycles. The van der Waals surface area contributed by atoms with E-state index in [9.17, 15) is 14.7 Å². The third kappa shape index (κ3) is 9.45. The molecule has 3 N–H and O–H groups in total. The second-order valence-corrected chi connectivity index (χ2v) is 14.2. The fourth-order valence-corrected chi connectivity index (χ4v) is 6.31. The molecule has 4 heterocycles. The molecule has 1 saturated heterocycles. The smallest absolute Gasteiger partial charge is 0.410 e. The average molecular weight is 755 g/mol. The Morgan fingerprint density at radius 2 is 1.83 bits per heavy atom. The number of benzene rings is 1. The van der Waals surface area contributed by atoms with Crippen LogP contribution >= 0.6 is 23.2 Å². The Balaban J connectivity index is 1.41. The number of rotatable bonds is 13. The number of aromatic nitrogens is 3. The summed E-state index contributed by atoms with van der Waals surface area (Å²) in [5.74, 6) is -0.309. The lowest BCUT2D eigenvalue weighted by Crippen LogP contribution is -2.43. The van der Waals surface area contributed by atoms with Crippen LogP contribution in [0.5, 0.6) is 5.88 Å². The molecule has 1 fully saturated rings. The molecular formula is C37H42Cl2FN7O5. The van der Waals surface area contributed by atoms with Crippen LogP contribution < -0.4 is 15.4 Å². The third-order valence-electron chi connectivity index (χ3n) is 8.23. The summed E-state index contributed by atoms with van der Waals surface area (Å²) < 4.78 is 26.8. The normalized spacial score (nSPS) is 14.3. The topological polar surface area (TPSA) is 142 Å². The van der Waals surface area contributed by atoms with Crippen LogP contribution in [0.3, 0.4) is 0 Å². The molecule has 0 spiro atoms. The summed E-state index contributed by atoms with van der Waals surface area (Å²) in [5, 5.41) is 15.6. The van der Waals surface area contributed by atoms with Gasteiger partial charge in [0.15, 0.2) is 11.6 Å². The fraction of sp³-hybridized carbons (Fsp3) is 0.378. The summed E-state index contributed by atoms with van der Waals surface area (Å²) in [5.41, 5.74) is 2.62. The Morgan fingerprint density at radius 3 is 2.52 bits per heavy atom. The van der Waals surface area contributed by atoms with E-state index in [-0.39, 0.29) is 59.9 Å². The molecule has 2 amide bonds. The molecule has 0 bridgehead atoms. The Bertz CT molecular complexity index is 1930. The van der Waals surface area contributed by atoms with Crippen molar-refractivity contribution in [2.24, 2.45) is 0 Å². The molecule has 1 aliphatic rings. The number of carbonyl (C=O) groups excluding carboxylic acids is 2. The molecule has 0 radical (unpaired) electrons. The van der Waals surface area contributed by atoms with Gasteiger partial charge in [-0.1, -0.05) is 35.3 Å². The highest BCUT2D eigenvalue weighted by molar-refractivity contribution is 6.39. The molecule has 3 aromatic heterocycles. The minimum Gasteiger partial charge on any atom is -0.481 e. The van der Waals surface area contributed by atoms with Gasteiger partial charge in [0.25, 0.3) is 0 Å². The standard InChI is InChI=1S/C37H42Cl2FN7O5/c1-37(2,3)52-36(50)47(21-24-10-12-29(49)43-24)20-23-9-11-27(45-35(23)51-5)25-14-16-41-33(31(25)39)26-7-6-8-28(30(26)38)44-34-32(40)22(13-15-42-34)19-46(4)17-18-48/h6-9,11,13-16,24,48H,10,12,17-21H2,1-5H3,(H,42,44)(H,43,49)/t24-/m0/s1. The molecule has 5 rings (SSSR count). The number of hydrogen-bond acceptors (Lipinski definition) is 10. The van der Waals surface area contributed by atoms with Gasteiger partial charge in [-0.2, -0.15) is 0 Å². The van der Waals surface area contributed by atoms with E-state index in [2.05, 4.69) is 20.6 Å². The van der Waals surface area contributed by atoms with Crippen LogP contribution in [0.15, 0.2) is 54.9 Å². The van der Waals surface area contributed by atoms with E-state index in [1.54, 1.807) is 81.4 Å². The van der Waals surface area contributed by atoms with Crippen LogP contribution in [-0.4, -0.2) is 87.4 Å². The largest absolute Gasteiger partial charge is 0.481 e. The first-order chi connectivity index (χ1) is 24.8. The second-order valence-electron chi connectivity index (χ2n) is 13.4. The van der Waals surface area contributed by atoms with Gasteiger partial charge in [-0.25, -0.2) is 19.2 Å². The van der Waals surface area contributed by atoms with Crippen LogP contribution in [0.2, 0.25) is 10.0 Å². The predicted octanol–water partition coefficient (Wildman–Crippen LogP) is 6.84. The van der Waals surface area contributed by atoms with E-state index in [1.807, 2.05) is 0 Å². The van der Waals surface area contributed by atoms with Gasteiger partial charge in [-0.3, -0.25) is 14.7 Å². The molecule has 276 valence electrons. The summed E-state index contributed by atoms with van der Waals surface area (Å²) in [6.07, 6.45) is 3.59. The number of amides is 2. The van der Waals surface area contributed by atoms with Gasteiger partial charge in [-0.15, -0.1) is 0 Å². The lowest BCUT2D eigenvalue weighted by Gasteiger charge is -2.29. The molecule has 4 aromatic rings. The quantitative estimate of drug-likeness (QED) is 0.133. The number of aliphatic hydroxyl groups is 1. The maximum atomic E-state index is 15.4. The van der Waals surface area contributed by atoms with Gasteiger partial charge in [0.2, 0.25) is 11.8 Å². The Labute approximate surface area is 312 Å². The van der Waals surface area contributed by atoms with E-state index in [1.165, 1.54) is 18.2 Å². The van der Waals surface area contributed by atoms with E-state index < -0.39 is 17.5 Å². The SMILES string of the molecule is COc1nc(-c2ccnc(-c3cccc(Nc4nccc(CN(C)CCO)c4F)c3Cl)c2Cl)ccc1CN(C[C@@H]1CCC(=O)N1)C(=O)OC(C)(C)C. The van der Waals surface area contributed by atoms with Crippen molar-refractivity contribution in [3.8, 4) is 28.4 Å². The van der Waals surface area contributed by atoms with Crippen molar-refractivity contribution in [1.82, 2.24) is 30.1 Å². The molecule has 1 atom stereocenters. The van der Waals surface area contributed by atoms with Crippen molar-refractivity contribution in [2.45, 2.75) is 58.3 Å². The monoisotopic (exact) mass is 753 g/mol. The number of aliphatic hydroxyl groups excluding tert-OH is 1. The highest BCUT2D eigenvalue weighted by Crippen LogP contribution is 2.41. The van der Waals surface area contributed by atoms with E-state index in [0.717, 1.165) is 0 Å². The number of methoxy groups -OCH3 is 1. The highest BCUT2D eigenvalue weighted by Gasteiger charge is 2.29. The summed E-state index contributed by atoms with van der Waals surface area (Å²) >= 11 is 13.9. The molecule has 0 aliphatic carbocycles. The van der Waals surface area contributed by atoms with Gasteiger partial charge >= 0.3 is 6.09 Å². The Morgan fingerprint density at radius 1 is 1.06 bits per heavy atom. The van der Waals surface area contributed by atoms with Gasteiger partial charge in [0.05, 0.1) is 47.4 Å². The highest BCUT2D eigenvalue weighted by atomic mass is 35.5. The lowest BCUT2D eigenvalue weighted by atomic mass is 10.1. The van der Waals surface area contributed by atoms with Crippen LogP contribution in [0, 0.1) is 5.82 Å². The summed E-state index contributed by atoms with van der Waals surface area (Å²) in [4.78, 5) is 41.9. The van der Waals surface area contributed by atoms with Crippen LogP contribution in [-0.2, 0) is 22.6 Å². The van der Waals surface area contributed by atoms with Crippen molar-refractivity contribution in [2.75, 3.05) is 39.2 Å². The minimum atomic E-state index is -0.717. The summed E-state index contributed by atoms with van der Waals surface area (Å²) in [7, 11) is 3.28. The summed E-state index contributed by atoms with van der Waals surface area (Å²) in [6.45, 7) is 6.40. The number of halogens is 3. The maximum Gasteiger partial charge on any atom is 0.410 e. The van der Waals surface area contributed by atoms with Crippen LogP contribution in [0.1, 0.15) is 44.7 Å². The van der Waals surface area contributed by atoms with E-state index in [0.29, 0.717) is 58.7 Å². The number of nitrogens with one attached hydrogen (secondary N) is 2. The molecule has 0 saturated carbocycles. The number of ether oxygens (including phenoxy) is 2. The Kier molecular flexibility index (Phi) is 12.5. The fourth-order valence-electron chi connectivity index (χ4n) is 5.73. The van der Waals surface area contributed by atoms with Crippen molar-refractivity contribution in [3.05, 3.63) is 81.8 Å². The number of pyridine rings is 3. The lowest BCUT2D eigenvalue weighted by molar-refractivity contribution is -0.119. The minimum absolute atomic E-state index is 0.00336. The predicted molar refractivity (Wildman–Crippen MR) is 198 cm³/mol. The zero-order valence-corrected chi connectivity index (χ0v) is 31.2. The van der Waals surface area contributed by atoms with Gasteiger partial charge in [0, 0.05) is 66.7 Å². The number of likely N-dealkylation sites (N-methyl/N-ethyl adjacent to an activating group) is 1. The molecule has 0 unspecified atom stereocenters. The first kappa shape index (κ1) is 38.7. The van der Waals surface area contributed by atoms with Crippen LogP contribution in [0.4, 0.5) is 20.7 Å². The number of hydrogen-bond donors (Lipinski definition) is 3. The molecule has 15 heteroatoms. The van der Waals surface area contributed by atoms with Crippen molar-refractivity contribution in [1.29, 1.82) is 0 Å². The maximum absolute atomic E-state index is 15.4. The van der Waals surface area contributed by atoms with Gasteiger partial charge in [-0.05, 0) is 64.6 Å². The van der Waals surface area contributed by atoms with Crippen molar-refractivity contribution < 1.29 is 28.6 Å². The van der Waals surface area contributed by atoms with Crippen molar-refractivity contribution in [3.63, 3.8) is 0 Å². The number of carbonyl (C=O) groups is 2. The second kappa shape index (κ2) is 16.8. The molecule has 1 aromatic carbocycles. The average Bonchev–Trinajstić information content (AvgIpc) is 3.51. The number of anilines is 2. The van der Waals surface area contributed by atoms with Gasteiger partial charge < -0.3 is 30.1 Å². The zero-order valence-electron chi connectivity index (χ0n) is 29.7. The van der Waals surface area contributed by atoms with E-state index >= 15 is 4.39 Å². The molecule has 52 heavy (non-hydrogen) atoms. The third-order valence-corrected chi connectivity index (χ3v) is 9.02. The molecular weight excluding hydrogens is 712 g/mol. The van der Waals surface area contributed by atoms with E-state index in [4.69, 9.17) is 37.7 Å². The Hall–Kier alpha value is -4.56. The number of nitrogens with zero attached hydrogens (tertiary/aromatic N) is 5. The van der Waals surface area contributed by atoms with Crippen molar-refractivity contribution >= 4 is 46.7 Å². The first-order valence-electron chi connectivity index (χ1n) is 16.7.